The molecule has 0 radical (unpaired) electrons. The molecule has 2 unspecified atom stereocenters. The number of allylic oxidation sites excluding steroid dienone is 1. The summed E-state index contributed by atoms with van der Waals surface area (Å²) in [5.74, 6) is 0.863. The Hall–Kier alpha value is -1.81. The lowest BCUT2D eigenvalue weighted by molar-refractivity contribution is 0.153. The molecule has 0 bridgehead atoms. The van der Waals surface area contributed by atoms with Gasteiger partial charge in [-0.05, 0) is 61.4 Å². The van der Waals surface area contributed by atoms with Crippen LogP contribution in [0.1, 0.15) is 30.4 Å². The minimum atomic E-state index is -0.777. The molecule has 2 aliphatic heterocycles. The van der Waals surface area contributed by atoms with Crippen LogP contribution in [0.3, 0.4) is 0 Å². The van der Waals surface area contributed by atoms with Crippen molar-refractivity contribution < 1.29 is 9.90 Å². The molecule has 2 saturated heterocycles. The predicted octanol–water partition coefficient (Wildman–Crippen LogP) is 3.34. The molecule has 1 aromatic carbocycles. The average molecular weight is 326 g/mol. The summed E-state index contributed by atoms with van der Waals surface area (Å²) >= 11 is 0. The number of benzene rings is 1. The molecule has 4 rings (SSSR count). The van der Waals surface area contributed by atoms with Crippen molar-refractivity contribution >= 4 is 11.7 Å². The Bertz CT molecular complexity index is 632. The van der Waals surface area contributed by atoms with Gasteiger partial charge in [-0.25, -0.2) is 4.79 Å². The van der Waals surface area contributed by atoms with Crippen LogP contribution in [0.2, 0.25) is 0 Å². The normalized spacial score (nSPS) is 26.7. The number of fused-ring (bicyclic) bond motifs is 1. The van der Waals surface area contributed by atoms with Crippen molar-refractivity contribution in [2.24, 2.45) is 11.8 Å². The lowest BCUT2D eigenvalue weighted by Gasteiger charge is -2.16. The first kappa shape index (κ1) is 15.7. The molecular formula is C20H26N2O2. The van der Waals surface area contributed by atoms with Gasteiger partial charge in [0.15, 0.2) is 0 Å². The molecule has 4 heteroatoms. The molecule has 0 spiro atoms. The molecule has 0 aromatic heterocycles. The number of likely N-dealkylation sites (tertiary alicyclic amines) is 2. The molecular weight excluding hydrogens is 300 g/mol. The van der Waals surface area contributed by atoms with Crippen LogP contribution in [-0.4, -0.2) is 53.7 Å². The number of amides is 1. The number of hydrogen-bond acceptors (Lipinski definition) is 2. The number of rotatable bonds is 4. The Labute approximate surface area is 143 Å². The lowest BCUT2D eigenvalue weighted by atomic mass is 9.90. The zero-order chi connectivity index (χ0) is 16.5. The summed E-state index contributed by atoms with van der Waals surface area (Å²) in [6.45, 7) is 5.03. The Morgan fingerprint density at radius 3 is 2.58 bits per heavy atom. The van der Waals surface area contributed by atoms with E-state index in [2.05, 4.69) is 35.2 Å². The molecule has 2 fully saturated rings. The quantitative estimate of drug-likeness (QED) is 0.923. The van der Waals surface area contributed by atoms with Gasteiger partial charge < -0.3 is 14.9 Å². The van der Waals surface area contributed by atoms with E-state index in [9.17, 15) is 9.90 Å². The van der Waals surface area contributed by atoms with E-state index in [0.717, 1.165) is 12.8 Å². The van der Waals surface area contributed by atoms with E-state index in [1.807, 2.05) is 0 Å². The van der Waals surface area contributed by atoms with Crippen molar-refractivity contribution in [2.45, 2.75) is 25.7 Å². The maximum atomic E-state index is 11.2. The molecule has 1 amide bonds. The van der Waals surface area contributed by atoms with E-state index >= 15 is 0 Å². The minimum Gasteiger partial charge on any atom is -0.465 e. The minimum absolute atomic E-state index is 0.386. The SMILES string of the molecule is O=C(O)N1CC2CC=C(c3ccc(CCN4CCCC4)cc3)C2C1. The first-order valence-corrected chi connectivity index (χ1v) is 9.20. The van der Waals surface area contributed by atoms with Crippen molar-refractivity contribution in [1.82, 2.24) is 9.80 Å². The summed E-state index contributed by atoms with van der Waals surface area (Å²) in [4.78, 5) is 15.3. The van der Waals surface area contributed by atoms with Gasteiger partial charge in [0.05, 0.1) is 0 Å². The summed E-state index contributed by atoms with van der Waals surface area (Å²) in [7, 11) is 0. The summed E-state index contributed by atoms with van der Waals surface area (Å²) in [6.07, 6.45) is 6.39. The largest absolute Gasteiger partial charge is 0.465 e. The van der Waals surface area contributed by atoms with Gasteiger partial charge >= 0.3 is 6.09 Å². The lowest BCUT2D eigenvalue weighted by Crippen LogP contribution is -2.27. The molecule has 128 valence electrons. The van der Waals surface area contributed by atoms with Crippen LogP contribution < -0.4 is 0 Å². The van der Waals surface area contributed by atoms with Gasteiger partial charge in [0.25, 0.3) is 0 Å². The van der Waals surface area contributed by atoms with Crippen molar-refractivity contribution in [2.75, 3.05) is 32.7 Å². The molecule has 4 nitrogen and oxygen atoms in total. The Morgan fingerprint density at radius 1 is 1.12 bits per heavy atom. The number of nitrogens with zero attached hydrogens (tertiary/aromatic N) is 2. The molecule has 1 aromatic rings. The second-order valence-electron chi connectivity index (χ2n) is 7.44. The maximum absolute atomic E-state index is 11.2. The molecule has 0 saturated carbocycles. The molecule has 2 heterocycles. The molecule has 1 aliphatic carbocycles. The van der Waals surface area contributed by atoms with Crippen LogP contribution in [0.4, 0.5) is 4.79 Å². The molecule has 1 N–H and O–H groups in total. The second kappa shape index (κ2) is 6.60. The van der Waals surface area contributed by atoms with Gasteiger partial charge in [-0.1, -0.05) is 30.3 Å². The summed E-state index contributed by atoms with van der Waals surface area (Å²) in [5, 5.41) is 9.21. The zero-order valence-electron chi connectivity index (χ0n) is 14.2. The number of carbonyl (C=O) groups is 1. The molecule has 3 aliphatic rings. The topological polar surface area (TPSA) is 43.8 Å². The van der Waals surface area contributed by atoms with E-state index in [1.165, 1.54) is 49.2 Å². The molecule has 24 heavy (non-hydrogen) atoms. The van der Waals surface area contributed by atoms with Crippen LogP contribution in [-0.2, 0) is 6.42 Å². The van der Waals surface area contributed by atoms with E-state index in [-0.39, 0.29) is 0 Å². The highest BCUT2D eigenvalue weighted by Crippen LogP contribution is 2.42. The van der Waals surface area contributed by atoms with Crippen LogP contribution in [0.15, 0.2) is 30.3 Å². The summed E-state index contributed by atoms with van der Waals surface area (Å²) in [5.41, 5.74) is 4.04. The van der Waals surface area contributed by atoms with E-state index < -0.39 is 6.09 Å². The van der Waals surface area contributed by atoms with Gasteiger partial charge in [0.2, 0.25) is 0 Å². The predicted molar refractivity (Wildman–Crippen MR) is 95.0 cm³/mol. The van der Waals surface area contributed by atoms with Crippen LogP contribution in [0.5, 0.6) is 0 Å². The highest BCUT2D eigenvalue weighted by molar-refractivity contribution is 5.73. The van der Waals surface area contributed by atoms with E-state index in [1.54, 1.807) is 4.90 Å². The standard InChI is InChI=1S/C20H26N2O2/c23-20(24)22-13-17-7-8-18(19(17)14-22)16-5-3-15(4-6-16)9-12-21-10-1-2-11-21/h3-6,8,17,19H,1-2,7,9-14H2,(H,23,24). The maximum Gasteiger partial charge on any atom is 0.407 e. The Morgan fingerprint density at radius 2 is 1.88 bits per heavy atom. The third kappa shape index (κ3) is 3.07. The smallest absolute Gasteiger partial charge is 0.407 e. The summed E-state index contributed by atoms with van der Waals surface area (Å²) in [6, 6.07) is 8.97. The van der Waals surface area contributed by atoms with E-state index in [0.29, 0.717) is 24.9 Å². The van der Waals surface area contributed by atoms with Crippen molar-refractivity contribution in [3.05, 3.63) is 41.5 Å². The second-order valence-corrected chi connectivity index (χ2v) is 7.44. The first-order valence-electron chi connectivity index (χ1n) is 9.20. The number of carboxylic acid groups (broad SMARTS) is 1. The fourth-order valence-electron chi connectivity index (χ4n) is 4.54. The van der Waals surface area contributed by atoms with Crippen molar-refractivity contribution in [1.29, 1.82) is 0 Å². The van der Waals surface area contributed by atoms with Gasteiger partial charge in [0.1, 0.15) is 0 Å². The van der Waals surface area contributed by atoms with Crippen LogP contribution in [0, 0.1) is 11.8 Å². The average Bonchev–Trinajstić information content (AvgIpc) is 3.30. The van der Waals surface area contributed by atoms with Crippen LogP contribution >= 0.6 is 0 Å². The van der Waals surface area contributed by atoms with Crippen LogP contribution in [0.25, 0.3) is 5.57 Å². The van der Waals surface area contributed by atoms with Crippen molar-refractivity contribution in [3.8, 4) is 0 Å². The first-order chi connectivity index (χ1) is 11.7. The van der Waals surface area contributed by atoms with E-state index in [4.69, 9.17) is 0 Å². The number of hydrogen-bond donors (Lipinski definition) is 1. The zero-order valence-corrected chi connectivity index (χ0v) is 14.2. The highest BCUT2D eigenvalue weighted by Gasteiger charge is 2.40. The van der Waals surface area contributed by atoms with Gasteiger partial charge in [-0.2, -0.15) is 0 Å². The Balaban J connectivity index is 1.39. The van der Waals surface area contributed by atoms with Gasteiger partial charge in [-0.3, -0.25) is 0 Å². The van der Waals surface area contributed by atoms with Gasteiger partial charge in [0, 0.05) is 25.6 Å². The fraction of sp³-hybridized carbons (Fsp3) is 0.550. The Kier molecular flexibility index (Phi) is 4.31. The van der Waals surface area contributed by atoms with Crippen molar-refractivity contribution in [3.63, 3.8) is 0 Å². The fourth-order valence-corrected chi connectivity index (χ4v) is 4.54. The third-order valence-corrected chi connectivity index (χ3v) is 5.95. The summed E-state index contributed by atoms with van der Waals surface area (Å²) < 4.78 is 0. The molecule has 2 atom stereocenters. The third-order valence-electron chi connectivity index (χ3n) is 5.95. The highest BCUT2D eigenvalue weighted by atomic mass is 16.4. The monoisotopic (exact) mass is 326 g/mol. The van der Waals surface area contributed by atoms with Gasteiger partial charge in [-0.15, -0.1) is 0 Å².